The molecule has 0 unspecified atom stereocenters. The topological polar surface area (TPSA) is 15.3 Å². The Balaban J connectivity index is 0. The molecule has 77 valence electrons. The Kier molecular flexibility index (Phi) is 6.70. The van der Waals surface area contributed by atoms with Crippen LogP contribution < -0.4 is 5.32 Å². The SMILES string of the molecule is CN(C)CC(C)(C)NC(C)(C)C.[Ga]. The van der Waals surface area contributed by atoms with E-state index in [2.05, 4.69) is 58.9 Å². The van der Waals surface area contributed by atoms with Gasteiger partial charge in [0, 0.05) is 37.4 Å². The summed E-state index contributed by atoms with van der Waals surface area (Å²) >= 11 is 0. The van der Waals surface area contributed by atoms with Gasteiger partial charge in [0.2, 0.25) is 0 Å². The summed E-state index contributed by atoms with van der Waals surface area (Å²) < 4.78 is 0. The Morgan fingerprint density at radius 3 is 1.62 bits per heavy atom. The van der Waals surface area contributed by atoms with Gasteiger partial charge < -0.3 is 10.2 Å². The molecule has 0 spiro atoms. The van der Waals surface area contributed by atoms with Gasteiger partial charge in [-0.15, -0.1) is 0 Å². The first-order chi connectivity index (χ1) is 5.12. The Morgan fingerprint density at radius 2 is 1.38 bits per heavy atom. The van der Waals surface area contributed by atoms with Crippen LogP contribution in [0.4, 0.5) is 0 Å². The van der Waals surface area contributed by atoms with Crippen LogP contribution in [0, 0.1) is 0 Å². The van der Waals surface area contributed by atoms with Crippen LogP contribution in [0.25, 0.3) is 0 Å². The molecule has 0 aromatic rings. The molecule has 0 aliphatic carbocycles. The molecular weight excluding hydrogens is 218 g/mol. The molecule has 0 rings (SSSR count). The minimum Gasteiger partial charge on any atom is -0.308 e. The predicted octanol–water partition coefficient (Wildman–Crippen LogP) is 1.33. The molecule has 1 N–H and O–H groups in total. The van der Waals surface area contributed by atoms with E-state index in [-0.39, 0.29) is 30.9 Å². The van der Waals surface area contributed by atoms with E-state index in [0.717, 1.165) is 6.54 Å². The zero-order chi connectivity index (χ0) is 9.99. The van der Waals surface area contributed by atoms with E-state index < -0.39 is 0 Å². The zero-order valence-corrected chi connectivity index (χ0v) is 12.7. The molecule has 0 aromatic heterocycles. The van der Waals surface area contributed by atoms with Gasteiger partial charge in [-0.25, -0.2) is 0 Å². The van der Waals surface area contributed by atoms with Crippen molar-refractivity contribution in [3.05, 3.63) is 0 Å². The van der Waals surface area contributed by atoms with Crippen molar-refractivity contribution in [2.45, 2.75) is 45.7 Å². The molecule has 0 fully saturated rings. The molecule has 3 radical (unpaired) electrons. The van der Waals surface area contributed by atoms with Crippen LogP contribution in [0.2, 0.25) is 0 Å². The van der Waals surface area contributed by atoms with E-state index in [0.29, 0.717) is 0 Å². The molecule has 0 saturated heterocycles. The van der Waals surface area contributed by atoms with Gasteiger partial charge in [-0.3, -0.25) is 0 Å². The van der Waals surface area contributed by atoms with E-state index in [1.165, 1.54) is 0 Å². The van der Waals surface area contributed by atoms with Gasteiger partial charge in [0.25, 0.3) is 0 Å². The molecule has 0 aliphatic rings. The van der Waals surface area contributed by atoms with Crippen molar-refractivity contribution in [3.8, 4) is 0 Å². The van der Waals surface area contributed by atoms with Gasteiger partial charge >= 0.3 is 0 Å². The monoisotopic (exact) mass is 241 g/mol. The molecule has 0 aliphatic heterocycles. The van der Waals surface area contributed by atoms with Crippen LogP contribution in [0.5, 0.6) is 0 Å². The van der Waals surface area contributed by atoms with Gasteiger partial charge in [0.05, 0.1) is 0 Å². The smallest absolute Gasteiger partial charge is 0.0256 e. The van der Waals surface area contributed by atoms with E-state index in [4.69, 9.17) is 0 Å². The molecule has 13 heavy (non-hydrogen) atoms. The number of hydrogen-bond acceptors (Lipinski definition) is 2. The summed E-state index contributed by atoms with van der Waals surface area (Å²) in [7, 11) is 4.21. The normalized spacial score (nSPS) is 12.9. The third-order valence-electron chi connectivity index (χ3n) is 1.42. The van der Waals surface area contributed by atoms with Crippen molar-refractivity contribution >= 4 is 19.8 Å². The van der Waals surface area contributed by atoms with Crippen LogP contribution in [0.3, 0.4) is 0 Å². The van der Waals surface area contributed by atoms with Gasteiger partial charge in [0.15, 0.2) is 0 Å². The van der Waals surface area contributed by atoms with Crippen LogP contribution in [-0.2, 0) is 0 Å². The van der Waals surface area contributed by atoms with Crippen LogP contribution in [-0.4, -0.2) is 56.4 Å². The first-order valence-corrected chi connectivity index (χ1v) is 4.56. The maximum atomic E-state index is 3.59. The van der Waals surface area contributed by atoms with Crippen LogP contribution in [0.1, 0.15) is 34.6 Å². The Hall–Kier alpha value is 0.556. The predicted molar refractivity (Wildman–Crippen MR) is 61.3 cm³/mol. The van der Waals surface area contributed by atoms with Crippen molar-refractivity contribution in [2.75, 3.05) is 20.6 Å². The minimum absolute atomic E-state index is 0. The molecule has 0 amide bonds. The van der Waals surface area contributed by atoms with Gasteiger partial charge in [-0.05, 0) is 48.7 Å². The number of nitrogens with zero attached hydrogens (tertiary/aromatic N) is 1. The average molecular weight is 242 g/mol. The quantitative estimate of drug-likeness (QED) is 0.751. The Bertz CT molecular complexity index is 136. The first kappa shape index (κ1) is 16.0. The van der Waals surface area contributed by atoms with Crippen molar-refractivity contribution in [1.29, 1.82) is 0 Å². The second kappa shape index (κ2) is 5.44. The molecule has 0 atom stereocenters. The molecule has 0 aromatic carbocycles. The number of nitrogens with one attached hydrogen (secondary N) is 1. The van der Waals surface area contributed by atoms with E-state index in [9.17, 15) is 0 Å². The third kappa shape index (κ3) is 10.5. The average Bonchev–Trinajstić information content (AvgIpc) is 1.48. The standard InChI is InChI=1S/C10H24N2.Ga/c1-9(2,3)11-10(4,5)8-12(6)7;/h11H,8H2,1-7H3;. The summed E-state index contributed by atoms with van der Waals surface area (Å²) in [6.07, 6.45) is 0. The summed E-state index contributed by atoms with van der Waals surface area (Å²) in [5.41, 5.74) is 0.376. The minimum atomic E-state index is 0. The van der Waals surface area contributed by atoms with E-state index in [1.54, 1.807) is 0 Å². The molecule has 0 heterocycles. The maximum absolute atomic E-state index is 3.59. The van der Waals surface area contributed by atoms with Crippen LogP contribution >= 0.6 is 0 Å². The maximum Gasteiger partial charge on any atom is 0.0256 e. The summed E-state index contributed by atoms with van der Waals surface area (Å²) in [5.74, 6) is 0. The molecular formula is C10H24GaN2. The number of rotatable bonds is 3. The first-order valence-electron chi connectivity index (χ1n) is 4.56. The summed E-state index contributed by atoms with van der Waals surface area (Å²) in [4.78, 5) is 2.21. The zero-order valence-electron chi connectivity index (χ0n) is 10.2. The van der Waals surface area contributed by atoms with E-state index in [1.807, 2.05) is 0 Å². The second-order valence-corrected chi connectivity index (χ2v) is 5.50. The molecule has 2 nitrogen and oxygen atoms in total. The molecule has 3 heteroatoms. The van der Waals surface area contributed by atoms with E-state index >= 15 is 0 Å². The number of likely N-dealkylation sites (N-methyl/N-ethyl adjacent to an activating group) is 1. The summed E-state index contributed by atoms with van der Waals surface area (Å²) in [6, 6.07) is 0. The Labute approximate surface area is 96.5 Å². The van der Waals surface area contributed by atoms with Crippen molar-refractivity contribution < 1.29 is 0 Å². The summed E-state index contributed by atoms with van der Waals surface area (Å²) in [6.45, 7) is 12.1. The fraction of sp³-hybridized carbons (Fsp3) is 1.00. The van der Waals surface area contributed by atoms with Crippen molar-refractivity contribution in [2.24, 2.45) is 0 Å². The largest absolute Gasteiger partial charge is 0.308 e. The second-order valence-electron chi connectivity index (χ2n) is 5.50. The van der Waals surface area contributed by atoms with Crippen molar-refractivity contribution in [3.63, 3.8) is 0 Å². The molecule has 0 saturated carbocycles. The molecule has 0 bridgehead atoms. The summed E-state index contributed by atoms with van der Waals surface area (Å²) in [5, 5.41) is 3.59. The number of hydrogen-bond donors (Lipinski definition) is 1. The third-order valence-corrected chi connectivity index (χ3v) is 1.42. The Morgan fingerprint density at radius 1 is 1.00 bits per heavy atom. The fourth-order valence-corrected chi connectivity index (χ4v) is 1.85. The van der Waals surface area contributed by atoms with Gasteiger partial charge in [-0.1, -0.05) is 0 Å². The van der Waals surface area contributed by atoms with Gasteiger partial charge in [0.1, 0.15) is 0 Å². The van der Waals surface area contributed by atoms with Crippen LogP contribution in [0.15, 0.2) is 0 Å². The van der Waals surface area contributed by atoms with Crippen molar-refractivity contribution in [1.82, 2.24) is 10.2 Å². The fourth-order valence-electron chi connectivity index (χ4n) is 1.85. The van der Waals surface area contributed by atoms with Gasteiger partial charge in [-0.2, -0.15) is 0 Å².